The molecule has 0 spiro atoms. The Balaban J connectivity index is 1.80. The van der Waals surface area contributed by atoms with Crippen LogP contribution < -0.4 is 0 Å². The average molecular weight is 310 g/mol. The van der Waals surface area contributed by atoms with E-state index in [2.05, 4.69) is 26.7 Å². The molecule has 2 aliphatic rings. The molecule has 2 bridgehead atoms. The third-order valence-corrected chi connectivity index (χ3v) is 5.77. The van der Waals surface area contributed by atoms with E-state index in [-0.39, 0.29) is 5.75 Å². The predicted molar refractivity (Wildman–Crippen MR) is 80.6 cm³/mol. The quantitative estimate of drug-likeness (QED) is 0.857. The summed E-state index contributed by atoms with van der Waals surface area (Å²) in [4.78, 5) is 13.3. The van der Waals surface area contributed by atoms with Crippen LogP contribution in [0, 0.1) is 6.92 Å². The minimum atomic E-state index is -0.813. The molecular weight excluding hydrogens is 288 g/mol. The normalized spacial score (nSPS) is 29.5. The van der Waals surface area contributed by atoms with Crippen LogP contribution in [0.15, 0.2) is 5.16 Å². The van der Waals surface area contributed by atoms with Crippen LogP contribution in [0.5, 0.6) is 0 Å². The van der Waals surface area contributed by atoms with Crippen LogP contribution in [0.1, 0.15) is 44.0 Å². The van der Waals surface area contributed by atoms with Gasteiger partial charge in [-0.1, -0.05) is 18.2 Å². The molecule has 2 aliphatic heterocycles. The number of hydrogen-bond acceptors (Lipinski definition) is 5. The van der Waals surface area contributed by atoms with Gasteiger partial charge in [-0.3, -0.25) is 4.79 Å². The van der Waals surface area contributed by atoms with Crippen molar-refractivity contribution in [2.75, 3.05) is 12.8 Å². The average Bonchev–Trinajstić information content (AvgIpc) is 2.77. The van der Waals surface area contributed by atoms with Crippen molar-refractivity contribution in [2.24, 2.45) is 0 Å². The summed E-state index contributed by atoms with van der Waals surface area (Å²) in [7, 11) is 2.24. The van der Waals surface area contributed by atoms with E-state index in [0.29, 0.717) is 18.1 Å². The van der Waals surface area contributed by atoms with Gasteiger partial charge in [-0.25, -0.2) is 0 Å². The first-order valence-corrected chi connectivity index (χ1v) is 8.53. The highest BCUT2D eigenvalue weighted by atomic mass is 32.2. The minimum absolute atomic E-state index is 0.0393. The van der Waals surface area contributed by atoms with Crippen molar-refractivity contribution in [1.82, 2.24) is 19.7 Å². The highest BCUT2D eigenvalue weighted by Crippen LogP contribution is 2.39. The zero-order valence-corrected chi connectivity index (χ0v) is 13.3. The Kier molecular flexibility index (Phi) is 4.21. The number of rotatable bonds is 4. The van der Waals surface area contributed by atoms with Crippen LogP contribution in [-0.4, -0.2) is 55.6 Å². The first-order chi connectivity index (χ1) is 10.1. The van der Waals surface area contributed by atoms with Gasteiger partial charge < -0.3 is 14.6 Å². The maximum absolute atomic E-state index is 10.8. The highest BCUT2D eigenvalue weighted by Gasteiger charge is 2.37. The van der Waals surface area contributed by atoms with Crippen LogP contribution in [0.3, 0.4) is 0 Å². The summed E-state index contributed by atoms with van der Waals surface area (Å²) in [5, 5.41) is 18.0. The Morgan fingerprint density at radius 1 is 1.29 bits per heavy atom. The number of piperidine rings is 2. The van der Waals surface area contributed by atoms with Crippen molar-refractivity contribution in [1.29, 1.82) is 0 Å². The van der Waals surface area contributed by atoms with Crippen molar-refractivity contribution in [3.05, 3.63) is 5.82 Å². The lowest BCUT2D eigenvalue weighted by Crippen LogP contribution is -2.50. The number of carboxylic acids is 1. The number of fused-ring (bicyclic) bond motifs is 2. The zero-order valence-electron chi connectivity index (χ0n) is 12.5. The predicted octanol–water partition coefficient (Wildman–Crippen LogP) is 1.95. The lowest BCUT2D eigenvalue weighted by molar-refractivity contribution is -0.133. The third kappa shape index (κ3) is 2.94. The summed E-state index contributed by atoms with van der Waals surface area (Å²) >= 11 is 1.27. The first kappa shape index (κ1) is 14.8. The number of thioether (sulfide) groups is 1. The second-order valence-electron chi connectivity index (χ2n) is 6.11. The van der Waals surface area contributed by atoms with E-state index in [0.717, 1.165) is 23.8 Å². The minimum Gasteiger partial charge on any atom is -0.481 e. The molecule has 0 radical (unpaired) electrons. The molecule has 7 heteroatoms. The number of aryl methyl sites for hydroxylation is 1. The molecule has 3 heterocycles. The van der Waals surface area contributed by atoms with E-state index in [4.69, 9.17) is 5.11 Å². The maximum atomic E-state index is 10.8. The zero-order chi connectivity index (χ0) is 15.0. The van der Waals surface area contributed by atoms with Gasteiger partial charge in [0.25, 0.3) is 0 Å². The number of aromatic nitrogens is 3. The van der Waals surface area contributed by atoms with Gasteiger partial charge in [0.2, 0.25) is 0 Å². The van der Waals surface area contributed by atoms with Crippen molar-refractivity contribution in [3.8, 4) is 0 Å². The molecule has 2 atom stereocenters. The third-order valence-electron chi connectivity index (χ3n) is 4.84. The van der Waals surface area contributed by atoms with Crippen molar-refractivity contribution >= 4 is 17.7 Å². The molecule has 0 saturated carbocycles. The SMILES string of the molecule is Cc1nnc(SCC(=O)O)n1C1CC2CCCC(C1)N2C. The molecule has 1 aromatic rings. The molecular formula is C14H22N4O2S. The molecule has 21 heavy (non-hydrogen) atoms. The molecule has 1 aromatic heterocycles. The lowest BCUT2D eigenvalue weighted by atomic mass is 9.82. The second kappa shape index (κ2) is 5.96. The van der Waals surface area contributed by atoms with E-state index in [1.807, 2.05) is 6.92 Å². The van der Waals surface area contributed by atoms with Gasteiger partial charge in [0, 0.05) is 18.1 Å². The smallest absolute Gasteiger partial charge is 0.313 e. The Labute approximate surface area is 128 Å². The van der Waals surface area contributed by atoms with Gasteiger partial charge in [-0.15, -0.1) is 10.2 Å². The van der Waals surface area contributed by atoms with Gasteiger partial charge in [-0.05, 0) is 39.7 Å². The van der Waals surface area contributed by atoms with Gasteiger partial charge in [0.05, 0.1) is 5.75 Å². The fourth-order valence-electron chi connectivity index (χ4n) is 3.79. The van der Waals surface area contributed by atoms with Crippen molar-refractivity contribution in [2.45, 2.75) is 62.3 Å². The van der Waals surface area contributed by atoms with Gasteiger partial charge in [0.15, 0.2) is 5.16 Å². The molecule has 3 rings (SSSR count). The second-order valence-corrected chi connectivity index (χ2v) is 7.05. The van der Waals surface area contributed by atoms with Gasteiger partial charge >= 0.3 is 5.97 Å². The van der Waals surface area contributed by atoms with Gasteiger partial charge in [0.1, 0.15) is 5.82 Å². The van der Waals surface area contributed by atoms with Crippen molar-refractivity contribution < 1.29 is 9.90 Å². The molecule has 0 aliphatic carbocycles. The summed E-state index contributed by atoms with van der Waals surface area (Å²) in [5.41, 5.74) is 0. The Morgan fingerprint density at radius 3 is 2.57 bits per heavy atom. The van der Waals surface area contributed by atoms with Crippen LogP contribution in [-0.2, 0) is 4.79 Å². The van der Waals surface area contributed by atoms with E-state index in [1.54, 1.807) is 0 Å². The van der Waals surface area contributed by atoms with Crippen LogP contribution in [0.25, 0.3) is 0 Å². The van der Waals surface area contributed by atoms with Crippen LogP contribution >= 0.6 is 11.8 Å². The first-order valence-electron chi connectivity index (χ1n) is 7.54. The van der Waals surface area contributed by atoms with E-state index in [9.17, 15) is 4.79 Å². The number of carboxylic acid groups (broad SMARTS) is 1. The Bertz CT molecular complexity index is 519. The Morgan fingerprint density at radius 2 is 1.95 bits per heavy atom. The summed E-state index contributed by atoms with van der Waals surface area (Å²) in [6.45, 7) is 1.96. The van der Waals surface area contributed by atoms with Crippen LogP contribution in [0.2, 0.25) is 0 Å². The van der Waals surface area contributed by atoms with E-state index >= 15 is 0 Å². The largest absolute Gasteiger partial charge is 0.481 e. The Hall–Kier alpha value is -1.08. The molecule has 2 unspecified atom stereocenters. The molecule has 1 N–H and O–H groups in total. The van der Waals surface area contributed by atoms with E-state index < -0.39 is 5.97 Å². The fraction of sp³-hybridized carbons (Fsp3) is 0.786. The molecule has 0 aromatic carbocycles. The summed E-state index contributed by atoms with van der Waals surface area (Å²) in [5.74, 6) is 0.125. The number of hydrogen-bond donors (Lipinski definition) is 1. The molecule has 2 fully saturated rings. The maximum Gasteiger partial charge on any atom is 0.313 e. The summed E-state index contributed by atoms with van der Waals surface area (Å²) < 4.78 is 2.17. The highest BCUT2D eigenvalue weighted by molar-refractivity contribution is 7.99. The number of aliphatic carboxylic acids is 1. The van der Waals surface area contributed by atoms with Crippen LogP contribution in [0.4, 0.5) is 0 Å². The lowest BCUT2D eigenvalue weighted by Gasteiger charge is -2.47. The molecule has 0 amide bonds. The monoisotopic (exact) mass is 310 g/mol. The fourth-order valence-corrected chi connectivity index (χ4v) is 4.56. The number of nitrogens with zero attached hydrogens (tertiary/aromatic N) is 4. The standard InChI is InChI=1S/C14H22N4O2S/c1-9-15-16-14(21-8-13(19)20)18(9)12-6-10-4-3-5-11(7-12)17(10)2/h10-12H,3-8H2,1-2H3,(H,19,20). The topological polar surface area (TPSA) is 71.2 Å². The number of carbonyl (C=O) groups is 1. The van der Waals surface area contributed by atoms with Gasteiger partial charge in [-0.2, -0.15) is 0 Å². The summed E-state index contributed by atoms with van der Waals surface area (Å²) in [6.07, 6.45) is 6.09. The molecule has 116 valence electrons. The van der Waals surface area contributed by atoms with E-state index in [1.165, 1.54) is 31.0 Å². The molecule has 2 saturated heterocycles. The summed E-state index contributed by atoms with van der Waals surface area (Å²) in [6, 6.07) is 1.69. The van der Waals surface area contributed by atoms with Crippen molar-refractivity contribution in [3.63, 3.8) is 0 Å². The molecule has 6 nitrogen and oxygen atoms in total.